The van der Waals surface area contributed by atoms with Gasteiger partial charge in [0.25, 0.3) is 0 Å². The minimum absolute atomic E-state index is 0.0398. The minimum atomic E-state index is -0.506. The molecule has 43 heavy (non-hydrogen) atoms. The first-order valence-electron chi connectivity index (χ1n) is 17.6. The molecule has 8 heteroatoms. The van der Waals surface area contributed by atoms with Crippen molar-refractivity contribution in [2.75, 3.05) is 13.1 Å². The van der Waals surface area contributed by atoms with Crippen LogP contribution in [-0.2, 0) is 23.8 Å². The highest BCUT2D eigenvalue weighted by Gasteiger charge is 2.17. The summed E-state index contributed by atoms with van der Waals surface area (Å²) in [6.45, 7) is 15.1. The molecule has 8 nitrogen and oxygen atoms in total. The Balaban J connectivity index is 0. The third-order valence-electron chi connectivity index (χ3n) is 6.89. The van der Waals surface area contributed by atoms with Gasteiger partial charge in [-0.25, -0.2) is 4.79 Å². The summed E-state index contributed by atoms with van der Waals surface area (Å²) in [5.74, 6) is -0.245. The first-order valence-corrected chi connectivity index (χ1v) is 17.6. The summed E-state index contributed by atoms with van der Waals surface area (Å²) in [5, 5.41) is 2.66. The number of hydrogen-bond acceptors (Lipinski definition) is 7. The van der Waals surface area contributed by atoms with E-state index in [1.54, 1.807) is 0 Å². The first-order chi connectivity index (χ1) is 20.5. The fourth-order valence-corrected chi connectivity index (χ4v) is 4.59. The number of unbranched alkanes of at least 4 members (excludes halogenated alkanes) is 8. The number of alkyl carbamates (subject to hydrolysis) is 1. The zero-order valence-electron chi connectivity index (χ0n) is 29.2. The van der Waals surface area contributed by atoms with Gasteiger partial charge in [0.1, 0.15) is 17.8 Å². The molecule has 0 saturated carbocycles. The van der Waals surface area contributed by atoms with Gasteiger partial charge in [-0.2, -0.15) is 0 Å². The zero-order chi connectivity index (χ0) is 32.8. The van der Waals surface area contributed by atoms with Crippen molar-refractivity contribution in [1.82, 2.24) is 5.32 Å². The van der Waals surface area contributed by atoms with Crippen molar-refractivity contribution in [3.8, 4) is 0 Å². The van der Waals surface area contributed by atoms with Crippen molar-refractivity contribution in [3.05, 3.63) is 0 Å². The zero-order valence-corrected chi connectivity index (χ0v) is 29.2. The smallest absolute Gasteiger partial charge is 0.407 e. The molecule has 0 saturated heterocycles. The Morgan fingerprint density at radius 2 is 1.05 bits per heavy atom. The number of rotatable bonds is 25. The Bertz CT molecular complexity index is 665. The largest absolute Gasteiger partial charge is 0.462 e. The van der Waals surface area contributed by atoms with Crippen LogP contribution in [-0.4, -0.2) is 48.9 Å². The van der Waals surface area contributed by atoms with Crippen LogP contribution in [0.1, 0.15) is 177 Å². The maximum atomic E-state index is 12.0. The van der Waals surface area contributed by atoms with Crippen LogP contribution in [0.25, 0.3) is 0 Å². The third kappa shape index (κ3) is 32.9. The van der Waals surface area contributed by atoms with Gasteiger partial charge in [0, 0.05) is 19.4 Å². The van der Waals surface area contributed by atoms with E-state index in [0.717, 1.165) is 51.4 Å². The minimum Gasteiger partial charge on any atom is -0.462 e. The average Bonchev–Trinajstić information content (AvgIpc) is 2.93. The number of esters is 2. The van der Waals surface area contributed by atoms with Gasteiger partial charge in [-0.1, -0.05) is 91.9 Å². The monoisotopic (exact) mass is 615 g/mol. The molecule has 0 radical (unpaired) electrons. The van der Waals surface area contributed by atoms with E-state index in [-0.39, 0.29) is 24.1 Å². The molecule has 2 unspecified atom stereocenters. The lowest BCUT2D eigenvalue weighted by atomic mass is 10.0. The number of ether oxygens (including phenoxy) is 3. The molecule has 0 rings (SSSR count). The Morgan fingerprint density at radius 1 is 0.605 bits per heavy atom. The second-order valence-corrected chi connectivity index (χ2v) is 12.6. The molecule has 0 fully saturated rings. The van der Waals surface area contributed by atoms with Gasteiger partial charge in [0.05, 0.1) is 0 Å². The number of nitrogens with two attached hydrogens (primary N) is 1. The number of amides is 1. The second kappa shape index (κ2) is 30.2. The van der Waals surface area contributed by atoms with Crippen LogP contribution in [0.2, 0.25) is 0 Å². The van der Waals surface area contributed by atoms with E-state index >= 15 is 0 Å². The molecule has 0 aliphatic rings. The van der Waals surface area contributed by atoms with Crippen molar-refractivity contribution < 1.29 is 28.6 Å². The molecule has 0 heterocycles. The maximum Gasteiger partial charge on any atom is 0.407 e. The lowest BCUT2D eigenvalue weighted by Crippen LogP contribution is -2.33. The van der Waals surface area contributed by atoms with Gasteiger partial charge < -0.3 is 25.3 Å². The van der Waals surface area contributed by atoms with Crippen molar-refractivity contribution >= 4 is 18.0 Å². The van der Waals surface area contributed by atoms with Crippen LogP contribution < -0.4 is 11.1 Å². The van der Waals surface area contributed by atoms with Crippen LogP contribution in [0.5, 0.6) is 0 Å². The fourth-order valence-electron chi connectivity index (χ4n) is 4.59. The average molecular weight is 615 g/mol. The molecule has 0 aliphatic carbocycles. The number of carbonyl (C=O) groups excluding carboxylic acids is 3. The second-order valence-electron chi connectivity index (χ2n) is 12.6. The Kier molecular flexibility index (Phi) is 30.4. The van der Waals surface area contributed by atoms with Crippen molar-refractivity contribution in [1.29, 1.82) is 0 Å². The summed E-state index contributed by atoms with van der Waals surface area (Å²) in [5.41, 5.74) is 4.88. The van der Waals surface area contributed by atoms with Crippen LogP contribution in [0.3, 0.4) is 0 Å². The molecule has 3 N–H and O–H groups in total. The van der Waals surface area contributed by atoms with Gasteiger partial charge in [-0.15, -0.1) is 0 Å². The van der Waals surface area contributed by atoms with Crippen LogP contribution in [0, 0.1) is 0 Å². The molecule has 0 bridgehead atoms. The molecule has 0 aromatic heterocycles. The van der Waals surface area contributed by atoms with Crippen molar-refractivity contribution in [3.63, 3.8) is 0 Å². The maximum absolute atomic E-state index is 12.0. The number of hydrogen-bond donors (Lipinski definition) is 2. The van der Waals surface area contributed by atoms with Crippen molar-refractivity contribution in [2.45, 2.75) is 195 Å². The highest BCUT2D eigenvalue weighted by Crippen LogP contribution is 2.16. The quantitative estimate of drug-likeness (QED) is 0.0598. The SMILES string of the molecule is CCCCCCCC(CCC)OC(=O)CCCN.CCCCCCCC(CCC)OC(=O)CCCNC(=O)OC(C)(C)C. The standard InChI is InChI=1S/C20H39NO4.C15H31NO2/c1-6-8-9-10-11-14-17(13-7-2)24-18(22)15-12-16-21-19(23)25-20(3,4)5;1-3-5-6-7-8-11-14(10-4-2)18-15(17)12-9-13-16/h17H,6-16H2,1-5H3,(H,21,23);14H,3-13,16H2,1-2H3. The Hall–Kier alpha value is -1.83. The third-order valence-corrected chi connectivity index (χ3v) is 6.89. The van der Waals surface area contributed by atoms with E-state index in [2.05, 4.69) is 33.0 Å². The summed E-state index contributed by atoms with van der Waals surface area (Å²) in [4.78, 5) is 35.0. The van der Waals surface area contributed by atoms with Gasteiger partial charge in [0.15, 0.2) is 0 Å². The summed E-state index contributed by atoms with van der Waals surface area (Å²) < 4.78 is 16.3. The predicted molar refractivity (Wildman–Crippen MR) is 178 cm³/mol. The summed E-state index contributed by atoms with van der Waals surface area (Å²) >= 11 is 0. The molecule has 256 valence electrons. The van der Waals surface area contributed by atoms with Crippen LogP contribution in [0.15, 0.2) is 0 Å². The lowest BCUT2D eigenvalue weighted by Gasteiger charge is -2.20. The van der Waals surface area contributed by atoms with Crippen LogP contribution >= 0.6 is 0 Å². The summed E-state index contributed by atoms with van der Waals surface area (Å²) in [6.07, 6.45) is 20.2. The number of carbonyl (C=O) groups is 3. The Labute approximate surface area is 265 Å². The molecule has 0 aromatic rings. The first kappa shape index (κ1) is 43.3. The fraction of sp³-hybridized carbons (Fsp3) is 0.914. The van der Waals surface area contributed by atoms with E-state index in [0.29, 0.717) is 32.4 Å². The predicted octanol–water partition coefficient (Wildman–Crippen LogP) is 9.16. The molecule has 0 aliphatic heterocycles. The summed E-state index contributed by atoms with van der Waals surface area (Å²) in [7, 11) is 0. The topological polar surface area (TPSA) is 117 Å². The molecule has 2 atom stereocenters. The van der Waals surface area contributed by atoms with Gasteiger partial charge in [-0.3, -0.25) is 9.59 Å². The normalized spacial score (nSPS) is 12.5. The van der Waals surface area contributed by atoms with Crippen LogP contribution in [0.4, 0.5) is 4.79 Å². The van der Waals surface area contributed by atoms with Crippen molar-refractivity contribution in [2.24, 2.45) is 5.73 Å². The molecule has 0 aromatic carbocycles. The molecule has 1 amide bonds. The van der Waals surface area contributed by atoms with E-state index in [1.807, 2.05) is 20.8 Å². The van der Waals surface area contributed by atoms with Gasteiger partial charge in [-0.05, 0) is 78.7 Å². The number of nitrogens with one attached hydrogen (secondary N) is 1. The van der Waals surface area contributed by atoms with Gasteiger partial charge in [0.2, 0.25) is 0 Å². The molecular formula is C35H70N2O6. The highest BCUT2D eigenvalue weighted by molar-refractivity contribution is 5.70. The lowest BCUT2D eigenvalue weighted by molar-refractivity contribution is -0.150. The highest BCUT2D eigenvalue weighted by atomic mass is 16.6. The van der Waals surface area contributed by atoms with E-state index in [1.165, 1.54) is 57.8 Å². The van der Waals surface area contributed by atoms with E-state index in [9.17, 15) is 14.4 Å². The molecular weight excluding hydrogens is 544 g/mol. The Morgan fingerprint density at radius 3 is 1.44 bits per heavy atom. The summed E-state index contributed by atoms with van der Waals surface area (Å²) in [6, 6.07) is 0. The van der Waals surface area contributed by atoms with E-state index in [4.69, 9.17) is 19.9 Å². The van der Waals surface area contributed by atoms with E-state index < -0.39 is 11.7 Å². The molecule has 0 spiro atoms. The van der Waals surface area contributed by atoms with Gasteiger partial charge >= 0.3 is 18.0 Å².